The number of carbonyl (C=O) groups excluding carboxylic acids is 1. The molecule has 1 aliphatic heterocycles. The number of fused-ring (bicyclic) bond motifs is 3. The number of allylic oxidation sites excluding steroid dienone is 3. The highest BCUT2D eigenvalue weighted by Gasteiger charge is 2.38. The SMILES string of the molecule is CC(C)(C)OC(=O)N1Cc2nnc([C@H]3CC[C@H](Oc4ccccn4)CC3)n2C2C=CC(Cl)=CC2C1. The fraction of sp³-hybridized carbons (Fsp3) is 0.538. The van der Waals surface area contributed by atoms with Crippen molar-refractivity contribution in [2.24, 2.45) is 5.92 Å². The lowest BCUT2D eigenvalue weighted by molar-refractivity contribution is 0.0216. The van der Waals surface area contributed by atoms with Gasteiger partial charge in [-0.25, -0.2) is 9.78 Å². The van der Waals surface area contributed by atoms with E-state index in [9.17, 15) is 4.79 Å². The molecule has 2 aromatic rings. The molecule has 0 bridgehead atoms. The Balaban J connectivity index is 1.36. The summed E-state index contributed by atoms with van der Waals surface area (Å²) in [5, 5.41) is 9.88. The fourth-order valence-corrected chi connectivity index (χ4v) is 5.39. The van der Waals surface area contributed by atoms with Crippen LogP contribution >= 0.6 is 11.6 Å². The van der Waals surface area contributed by atoms with Gasteiger partial charge in [0.05, 0.1) is 12.6 Å². The van der Waals surface area contributed by atoms with Crippen molar-refractivity contribution in [1.82, 2.24) is 24.6 Å². The molecule has 1 amide bonds. The number of hydrogen-bond donors (Lipinski definition) is 0. The molecule has 2 unspecified atom stereocenters. The summed E-state index contributed by atoms with van der Waals surface area (Å²) in [6.07, 6.45) is 11.4. The summed E-state index contributed by atoms with van der Waals surface area (Å²) < 4.78 is 14.0. The number of ether oxygens (including phenoxy) is 2. The van der Waals surface area contributed by atoms with Gasteiger partial charge in [-0.1, -0.05) is 29.8 Å². The van der Waals surface area contributed by atoms with Crippen LogP contribution in [0.15, 0.2) is 47.7 Å². The quantitative estimate of drug-likeness (QED) is 0.566. The second-order valence-corrected chi connectivity index (χ2v) is 11.0. The Morgan fingerprint density at radius 2 is 1.94 bits per heavy atom. The van der Waals surface area contributed by atoms with Crippen LogP contribution in [0.1, 0.15) is 70.1 Å². The van der Waals surface area contributed by atoms with E-state index < -0.39 is 5.60 Å². The third-order valence-corrected chi connectivity index (χ3v) is 6.99. The monoisotopic (exact) mass is 497 g/mol. The van der Waals surface area contributed by atoms with Gasteiger partial charge in [-0.15, -0.1) is 10.2 Å². The minimum absolute atomic E-state index is 0.00688. The number of hydrogen-bond acceptors (Lipinski definition) is 6. The number of carbonyl (C=O) groups is 1. The van der Waals surface area contributed by atoms with E-state index in [1.807, 2.05) is 51.1 Å². The summed E-state index contributed by atoms with van der Waals surface area (Å²) >= 11 is 6.38. The minimum atomic E-state index is -0.572. The highest BCUT2D eigenvalue weighted by atomic mass is 35.5. The molecule has 0 saturated heterocycles. The van der Waals surface area contributed by atoms with Crippen molar-refractivity contribution in [3.8, 4) is 5.88 Å². The number of halogens is 1. The summed E-state index contributed by atoms with van der Waals surface area (Å²) in [6.45, 7) is 6.49. The van der Waals surface area contributed by atoms with Crippen LogP contribution in [0.25, 0.3) is 0 Å². The Kier molecular flexibility index (Phi) is 6.57. The molecule has 8 nitrogen and oxygen atoms in total. The zero-order valence-electron chi connectivity index (χ0n) is 20.4. The highest BCUT2D eigenvalue weighted by Crippen LogP contribution is 2.39. The molecule has 5 rings (SSSR count). The lowest BCUT2D eigenvalue weighted by Gasteiger charge is -2.32. The van der Waals surface area contributed by atoms with E-state index in [0.717, 1.165) is 37.3 Å². The molecular weight excluding hydrogens is 466 g/mol. The van der Waals surface area contributed by atoms with E-state index in [2.05, 4.69) is 25.8 Å². The summed E-state index contributed by atoms with van der Waals surface area (Å²) in [6, 6.07) is 5.73. The summed E-state index contributed by atoms with van der Waals surface area (Å²) in [7, 11) is 0. The van der Waals surface area contributed by atoms with Crippen LogP contribution in [0.3, 0.4) is 0 Å². The van der Waals surface area contributed by atoms with Gasteiger partial charge in [0, 0.05) is 35.7 Å². The van der Waals surface area contributed by atoms with Gasteiger partial charge in [0.1, 0.15) is 17.5 Å². The largest absolute Gasteiger partial charge is 0.474 e. The van der Waals surface area contributed by atoms with Crippen LogP contribution in [0.2, 0.25) is 0 Å². The van der Waals surface area contributed by atoms with E-state index >= 15 is 0 Å². The average molecular weight is 498 g/mol. The smallest absolute Gasteiger partial charge is 0.410 e. The first-order chi connectivity index (χ1) is 16.8. The molecule has 2 aliphatic carbocycles. The first-order valence-electron chi connectivity index (χ1n) is 12.3. The lowest BCUT2D eigenvalue weighted by Crippen LogP contribution is -2.38. The summed E-state index contributed by atoms with van der Waals surface area (Å²) in [4.78, 5) is 19.0. The Labute approximate surface area is 211 Å². The van der Waals surface area contributed by atoms with Crippen LogP contribution in [0.4, 0.5) is 4.79 Å². The Morgan fingerprint density at radius 3 is 2.66 bits per heavy atom. The van der Waals surface area contributed by atoms with E-state index in [4.69, 9.17) is 21.1 Å². The van der Waals surface area contributed by atoms with Crippen LogP contribution in [0, 0.1) is 5.92 Å². The third-order valence-electron chi connectivity index (χ3n) is 6.74. The normalized spacial score (nSPS) is 26.3. The summed E-state index contributed by atoms with van der Waals surface area (Å²) in [5.74, 6) is 2.73. The molecule has 9 heteroatoms. The molecule has 2 aromatic heterocycles. The fourth-order valence-electron chi connectivity index (χ4n) is 5.16. The predicted octanol–water partition coefficient (Wildman–Crippen LogP) is 5.38. The maximum absolute atomic E-state index is 13.0. The predicted molar refractivity (Wildman–Crippen MR) is 132 cm³/mol. The first kappa shape index (κ1) is 23.9. The zero-order chi connectivity index (χ0) is 24.6. The molecule has 0 N–H and O–H groups in total. The number of nitrogens with zero attached hydrogens (tertiary/aromatic N) is 5. The standard InChI is InChI=1S/C26H32ClN5O3/c1-26(2,3)35-25(33)31-15-18-14-19(27)9-12-21(18)32-22(16-31)29-30-24(32)17-7-10-20(11-8-17)34-23-6-4-5-13-28-23/h4-6,9,12-14,17-18,20-21H,7-8,10-11,15-16H2,1-3H3/t17-,18?,20-,21?. The van der Waals surface area contributed by atoms with Gasteiger partial charge in [-0.05, 0) is 58.6 Å². The Morgan fingerprint density at radius 1 is 1.14 bits per heavy atom. The van der Waals surface area contributed by atoms with Crippen molar-refractivity contribution in [3.05, 3.63) is 59.3 Å². The molecule has 1 saturated carbocycles. The molecule has 2 atom stereocenters. The minimum Gasteiger partial charge on any atom is -0.474 e. The van der Waals surface area contributed by atoms with E-state index in [1.54, 1.807) is 11.1 Å². The van der Waals surface area contributed by atoms with E-state index in [1.165, 1.54) is 0 Å². The third kappa shape index (κ3) is 5.37. The van der Waals surface area contributed by atoms with Gasteiger partial charge >= 0.3 is 6.09 Å². The van der Waals surface area contributed by atoms with Crippen LogP contribution in [-0.2, 0) is 11.3 Å². The molecule has 0 aromatic carbocycles. The number of rotatable bonds is 3. The first-order valence-corrected chi connectivity index (χ1v) is 12.7. The zero-order valence-corrected chi connectivity index (χ0v) is 21.2. The van der Waals surface area contributed by atoms with Crippen LogP contribution < -0.4 is 4.74 Å². The van der Waals surface area contributed by atoms with Crippen molar-refractivity contribution < 1.29 is 14.3 Å². The molecule has 3 aliphatic rings. The van der Waals surface area contributed by atoms with Gasteiger partial charge in [-0.2, -0.15) is 0 Å². The maximum atomic E-state index is 13.0. The van der Waals surface area contributed by atoms with Gasteiger partial charge in [-0.3, -0.25) is 4.90 Å². The van der Waals surface area contributed by atoms with Crippen molar-refractivity contribution in [3.63, 3.8) is 0 Å². The molecule has 3 heterocycles. The molecule has 0 radical (unpaired) electrons. The van der Waals surface area contributed by atoms with Crippen molar-refractivity contribution in [1.29, 1.82) is 0 Å². The Hall–Kier alpha value is -2.87. The van der Waals surface area contributed by atoms with E-state index in [-0.39, 0.29) is 30.1 Å². The van der Waals surface area contributed by atoms with Gasteiger partial charge in [0.2, 0.25) is 5.88 Å². The topological polar surface area (TPSA) is 82.4 Å². The second-order valence-electron chi connectivity index (χ2n) is 10.5. The average Bonchev–Trinajstić information content (AvgIpc) is 3.15. The number of pyridine rings is 1. The van der Waals surface area contributed by atoms with E-state index in [0.29, 0.717) is 24.0 Å². The second kappa shape index (κ2) is 9.64. The highest BCUT2D eigenvalue weighted by molar-refractivity contribution is 6.31. The van der Waals surface area contributed by atoms with Crippen molar-refractivity contribution in [2.45, 2.75) is 76.7 Å². The lowest BCUT2D eigenvalue weighted by atomic mass is 9.86. The van der Waals surface area contributed by atoms with Gasteiger partial charge < -0.3 is 14.0 Å². The van der Waals surface area contributed by atoms with Gasteiger partial charge in [0.25, 0.3) is 0 Å². The van der Waals surface area contributed by atoms with Crippen LogP contribution in [0.5, 0.6) is 5.88 Å². The molecule has 186 valence electrons. The number of aromatic nitrogens is 4. The van der Waals surface area contributed by atoms with Crippen molar-refractivity contribution >= 4 is 17.7 Å². The van der Waals surface area contributed by atoms with Crippen molar-refractivity contribution in [2.75, 3.05) is 6.54 Å². The van der Waals surface area contributed by atoms with Crippen LogP contribution in [-0.4, -0.2) is 49.0 Å². The Bertz CT molecular complexity index is 1120. The number of amides is 1. The molecule has 0 spiro atoms. The summed E-state index contributed by atoms with van der Waals surface area (Å²) in [5.41, 5.74) is -0.572. The molecule has 35 heavy (non-hydrogen) atoms. The van der Waals surface area contributed by atoms with Gasteiger partial charge in [0.15, 0.2) is 5.82 Å². The molecule has 1 fully saturated rings. The molecular formula is C26H32ClN5O3. The maximum Gasteiger partial charge on any atom is 0.410 e.